The molecular formula is C33H36BrN5O10. The van der Waals surface area contributed by atoms with Gasteiger partial charge in [0.25, 0.3) is 5.69 Å². The van der Waals surface area contributed by atoms with Crippen LogP contribution in [0.25, 0.3) is 0 Å². The molecule has 2 amide bonds. The van der Waals surface area contributed by atoms with Crippen molar-refractivity contribution in [1.29, 1.82) is 0 Å². The fourth-order valence-corrected chi connectivity index (χ4v) is 5.33. The highest BCUT2D eigenvalue weighted by molar-refractivity contribution is 9.10. The van der Waals surface area contributed by atoms with Gasteiger partial charge >= 0.3 is 12.0 Å². The van der Waals surface area contributed by atoms with Gasteiger partial charge in [-0.2, -0.15) is 5.10 Å². The second kappa shape index (κ2) is 17.2. The Hall–Kier alpha value is -5.35. The highest BCUT2D eigenvalue weighted by Gasteiger charge is 2.32. The SMILES string of the molecule is CCOc1cc([C@H]2NC(=O)NC(C)=C2C(=O)OC)ccc1OC[C@H](O)N/N=C\c1cc(Br)c(OCc2ccc([N+](=O)[O-])cc2)c(OCC)c1. The van der Waals surface area contributed by atoms with Crippen LogP contribution in [-0.4, -0.2) is 61.4 Å². The predicted octanol–water partition coefficient (Wildman–Crippen LogP) is 4.86. The van der Waals surface area contributed by atoms with Crippen LogP contribution in [-0.2, 0) is 16.1 Å². The number of nitrogens with zero attached hydrogens (tertiary/aromatic N) is 2. The summed E-state index contributed by atoms with van der Waals surface area (Å²) in [7, 11) is 1.26. The highest BCUT2D eigenvalue weighted by atomic mass is 79.9. The maximum absolute atomic E-state index is 12.5. The van der Waals surface area contributed by atoms with Crippen LogP contribution >= 0.6 is 15.9 Å². The van der Waals surface area contributed by atoms with Crippen LogP contribution in [0.4, 0.5) is 10.5 Å². The second-order valence-corrected chi connectivity index (χ2v) is 11.2. The Morgan fingerprint density at radius 1 is 1.06 bits per heavy atom. The van der Waals surface area contributed by atoms with Gasteiger partial charge in [0.2, 0.25) is 0 Å². The lowest BCUT2D eigenvalue weighted by Gasteiger charge is -2.28. The molecule has 0 saturated heterocycles. The minimum absolute atomic E-state index is 0.00662. The van der Waals surface area contributed by atoms with Gasteiger partial charge in [-0.3, -0.25) is 15.5 Å². The predicted molar refractivity (Wildman–Crippen MR) is 182 cm³/mol. The average Bonchev–Trinajstić information content (AvgIpc) is 3.07. The summed E-state index contributed by atoms with van der Waals surface area (Å²) in [6, 6.07) is 13.2. The van der Waals surface area contributed by atoms with E-state index < -0.39 is 29.2 Å². The molecule has 0 saturated carbocycles. The van der Waals surface area contributed by atoms with Crippen LogP contribution in [0.3, 0.4) is 0 Å². The van der Waals surface area contributed by atoms with E-state index >= 15 is 0 Å². The number of non-ortho nitro benzene ring substituents is 1. The van der Waals surface area contributed by atoms with Crippen molar-refractivity contribution in [3.63, 3.8) is 0 Å². The maximum Gasteiger partial charge on any atom is 0.337 e. The largest absolute Gasteiger partial charge is 0.490 e. The van der Waals surface area contributed by atoms with Crippen molar-refractivity contribution in [3.05, 3.63) is 97.1 Å². The zero-order valence-electron chi connectivity index (χ0n) is 27.2. The number of carbonyl (C=O) groups excluding carboxylic acids is 2. The number of rotatable bonds is 16. The Labute approximate surface area is 290 Å². The number of aliphatic hydroxyl groups is 1. The number of methoxy groups -OCH3 is 1. The Bertz CT molecular complexity index is 1730. The number of urea groups is 1. The third-order valence-corrected chi connectivity index (χ3v) is 7.56. The van der Waals surface area contributed by atoms with E-state index in [1.54, 1.807) is 56.3 Å². The summed E-state index contributed by atoms with van der Waals surface area (Å²) in [4.78, 5) is 35.1. The molecule has 0 unspecified atom stereocenters. The Morgan fingerprint density at radius 2 is 1.78 bits per heavy atom. The van der Waals surface area contributed by atoms with Crippen molar-refractivity contribution in [2.45, 2.75) is 39.6 Å². The number of nitro benzene ring substituents is 1. The van der Waals surface area contributed by atoms with E-state index in [0.29, 0.717) is 57.5 Å². The zero-order valence-corrected chi connectivity index (χ0v) is 28.7. The zero-order chi connectivity index (χ0) is 35.5. The van der Waals surface area contributed by atoms with Crippen LogP contribution in [0, 0.1) is 10.1 Å². The van der Waals surface area contributed by atoms with E-state index in [4.69, 9.17) is 23.7 Å². The molecule has 4 N–H and O–H groups in total. The summed E-state index contributed by atoms with van der Waals surface area (Å²) in [5.74, 6) is 0.975. The van der Waals surface area contributed by atoms with Crippen LogP contribution in [0.1, 0.15) is 43.5 Å². The molecule has 2 atom stereocenters. The van der Waals surface area contributed by atoms with Gasteiger partial charge < -0.3 is 39.4 Å². The number of nitrogens with one attached hydrogen (secondary N) is 3. The van der Waals surface area contributed by atoms with E-state index in [2.05, 4.69) is 37.1 Å². The lowest BCUT2D eigenvalue weighted by Crippen LogP contribution is -2.45. The van der Waals surface area contributed by atoms with Crippen LogP contribution in [0.2, 0.25) is 0 Å². The Morgan fingerprint density at radius 3 is 2.45 bits per heavy atom. The maximum atomic E-state index is 12.5. The summed E-state index contributed by atoms with van der Waals surface area (Å²) < 4.78 is 28.8. The van der Waals surface area contributed by atoms with Crippen LogP contribution < -0.4 is 35.0 Å². The van der Waals surface area contributed by atoms with Gasteiger partial charge in [-0.1, -0.05) is 6.07 Å². The van der Waals surface area contributed by atoms with Gasteiger partial charge in [-0.15, -0.1) is 0 Å². The monoisotopic (exact) mass is 741 g/mol. The molecule has 0 radical (unpaired) electrons. The highest BCUT2D eigenvalue weighted by Crippen LogP contribution is 2.38. The van der Waals surface area contributed by atoms with Gasteiger partial charge in [0.1, 0.15) is 13.2 Å². The number of hydrazone groups is 1. The van der Waals surface area contributed by atoms with Crippen molar-refractivity contribution in [2.24, 2.45) is 5.10 Å². The summed E-state index contributed by atoms with van der Waals surface area (Å²) in [6.07, 6.45) is 0.281. The number of allylic oxidation sites excluding steroid dienone is 1. The fourth-order valence-electron chi connectivity index (χ4n) is 4.75. The van der Waals surface area contributed by atoms with E-state index in [-0.39, 0.29) is 24.5 Å². The number of hydrogen-bond donors (Lipinski definition) is 4. The lowest BCUT2D eigenvalue weighted by atomic mass is 9.95. The van der Waals surface area contributed by atoms with Gasteiger partial charge in [-0.25, -0.2) is 9.59 Å². The molecule has 4 rings (SSSR count). The van der Waals surface area contributed by atoms with E-state index in [0.717, 1.165) is 5.56 Å². The number of amides is 2. The number of hydrogen-bond acceptors (Lipinski definition) is 12. The van der Waals surface area contributed by atoms with Crippen molar-refractivity contribution >= 4 is 39.8 Å². The number of carbonyl (C=O) groups is 2. The van der Waals surface area contributed by atoms with Gasteiger partial charge in [0.05, 0.1) is 47.5 Å². The number of benzene rings is 3. The van der Waals surface area contributed by atoms with Crippen LogP contribution in [0.5, 0.6) is 23.0 Å². The molecule has 0 aromatic heterocycles. The quantitative estimate of drug-likeness (QED) is 0.0516. The summed E-state index contributed by atoms with van der Waals surface area (Å²) in [5, 5.41) is 30.9. The van der Waals surface area contributed by atoms with Gasteiger partial charge in [-0.05, 0) is 89.8 Å². The molecular weight excluding hydrogens is 706 g/mol. The first-order valence-electron chi connectivity index (χ1n) is 15.1. The van der Waals surface area contributed by atoms with Crippen molar-refractivity contribution < 1.29 is 43.3 Å². The molecule has 260 valence electrons. The average molecular weight is 743 g/mol. The standard InChI is InChI=1S/C33H36BrN5O10/c1-5-46-26-15-22(30-29(32(41)45-4)19(3)36-33(42)37-30)9-12-25(26)48-18-28(40)38-35-16-21-13-24(34)31(27(14-21)47-6-2)49-17-20-7-10-23(11-8-20)39(43)44/h7-16,28,30,38,40H,5-6,17-18H2,1-4H3,(H2,36,37,42)/b35-16-/t28-,30+/m0/s1. The van der Waals surface area contributed by atoms with Gasteiger partial charge in [0, 0.05) is 17.8 Å². The number of nitro groups is 1. The van der Waals surface area contributed by atoms with Crippen LogP contribution in [0.15, 0.2) is 75.4 Å². The molecule has 0 fully saturated rings. The summed E-state index contributed by atoms with van der Waals surface area (Å²) in [5.41, 5.74) is 5.16. The Balaban J connectivity index is 1.39. The Kier molecular flexibility index (Phi) is 12.8. The normalized spacial score (nSPS) is 14.8. The lowest BCUT2D eigenvalue weighted by molar-refractivity contribution is -0.384. The third kappa shape index (κ3) is 9.61. The molecule has 0 aliphatic carbocycles. The van der Waals surface area contributed by atoms with E-state index in [9.17, 15) is 24.8 Å². The first-order chi connectivity index (χ1) is 23.5. The molecule has 3 aromatic carbocycles. The molecule has 49 heavy (non-hydrogen) atoms. The molecule has 3 aromatic rings. The number of ether oxygens (including phenoxy) is 5. The van der Waals surface area contributed by atoms with Crippen molar-refractivity contribution in [3.8, 4) is 23.0 Å². The topological polar surface area (TPSA) is 192 Å². The number of halogens is 1. The molecule has 16 heteroatoms. The van der Waals surface area contributed by atoms with Crippen molar-refractivity contribution in [1.82, 2.24) is 16.1 Å². The smallest absolute Gasteiger partial charge is 0.337 e. The van der Waals surface area contributed by atoms with E-state index in [1.807, 2.05) is 6.92 Å². The molecule has 0 bridgehead atoms. The fraction of sp³-hybridized carbons (Fsp3) is 0.303. The first-order valence-corrected chi connectivity index (χ1v) is 15.9. The molecule has 1 aliphatic rings. The van der Waals surface area contributed by atoms with E-state index in [1.165, 1.54) is 25.5 Å². The molecule has 15 nitrogen and oxygen atoms in total. The number of aliphatic hydroxyl groups excluding tert-OH is 1. The molecule has 1 aliphatic heterocycles. The van der Waals surface area contributed by atoms with Gasteiger partial charge in [0.15, 0.2) is 29.2 Å². The summed E-state index contributed by atoms with van der Waals surface area (Å²) in [6.45, 7) is 5.88. The number of esters is 1. The minimum atomic E-state index is -1.20. The second-order valence-electron chi connectivity index (χ2n) is 10.4. The molecule has 1 heterocycles. The summed E-state index contributed by atoms with van der Waals surface area (Å²) >= 11 is 3.51. The molecule has 0 spiro atoms. The van der Waals surface area contributed by atoms with Crippen molar-refractivity contribution in [2.75, 3.05) is 26.9 Å². The first kappa shape index (κ1) is 36.5. The third-order valence-electron chi connectivity index (χ3n) is 6.97. The minimum Gasteiger partial charge on any atom is -0.490 e.